The smallest absolute Gasteiger partial charge is 0.244 e. The van der Waals surface area contributed by atoms with Crippen LogP contribution in [-0.2, 0) is 26.2 Å². The summed E-state index contributed by atoms with van der Waals surface area (Å²) < 4.78 is 32.0. The van der Waals surface area contributed by atoms with Crippen LogP contribution in [0.1, 0.15) is 31.4 Å². The molecule has 0 aliphatic heterocycles. The van der Waals surface area contributed by atoms with Crippen molar-refractivity contribution in [2.75, 3.05) is 30.8 Å². The number of carbonyl (C=O) groups excluding carboxylic acids is 2. The first-order valence-electron chi connectivity index (χ1n) is 10.9. The Bertz CT molecular complexity index is 1070. The number of nitrogens with zero attached hydrogens (tertiary/aromatic N) is 2. The van der Waals surface area contributed by atoms with Crippen LogP contribution in [0.2, 0.25) is 0 Å². The molecule has 0 saturated carbocycles. The molecule has 8 nitrogen and oxygen atoms in total. The number of carbonyl (C=O) groups is 2. The van der Waals surface area contributed by atoms with E-state index in [0.29, 0.717) is 18.8 Å². The molecule has 2 rings (SSSR count). The van der Waals surface area contributed by atoms with Crippen molar-refractivity contribution in [3.63, 3.8) is 0 Å². The Kier molecular flexibility index (Phi) is 9.28. The third kappa shape index (κ3) is 6.71. The third-order valence-electron chi connectivity index (χ3n) is 5.35. The Morgan fingerprint density at radius 2 is 1.70 bits per heavy atom. The number of sulfonamides is 1. The maximum Gasteiger partial charge on any atom is 0.244 e. The van der Waals surface area contributed by atoms with E-state index in [-0.39, 0.29) is 18.1 Å². The average molecular weight is 476 g/mol. The van der Waals surface area contributed by atoms with Gasteiger partial charge in [-0.2, -0.15) is 0 Å². The number of ether oxygens (including phenoxy) is 1. The molecule has 33 heavy (non-hydrogen) atoms. The molecular weight excluding hydrogens is 442 g/mol. The van der Waals surface area contributed by atoms with E-state index in [1.54, 1.807) is 31.2 Å². The second-order valence-corrected chi connectivity index (χ2v) is 9.56. The number of rotatable bonds is 11. The number of anilines is 1. The number of para-hydroxylation sites is 2. The van der Waals surface area contributed by atoms with Crippen LogP contribution in [0.5, 0.6) is 5.75 Å². The summed E-state index contributed by atoms with van der Waals surface area (Å²) >= 11 is 0. The fraction of sp³-hybridized carbons (Fsp3) is 0.417. The lowest BCUT2D eigenvalue weighted by atomic mass is 10.1. The lowest BCUT2D eigenvalue weighted by molar-refractivity contribution is -0.140. The van der Waals surface area contributed by atoms with Gasteiger partial charge in [-0.3, -0.25) is 13.9 Å². The number of likely N-dealkylation sites (N-methyl/N-ethyl adjacent to an activating group) is 1. The molecule has 1 N–H and O–H groups in total. The van der Waals surface area contributed by atoms with Crippen molar-refractivity contribution in [2.24, 2.45) is 0 Å². The molecule has 0 fully saturated rings. The third-order valence-corrected chi connectivity index (χ3v) is 6.47. The second-order valence-electron chi connectivity index (χ2n) is 7.66. The first-order valence-corrected chi connectivity index (χ1v) is 12.7. The Morgan fingerprint density at radius 1 is 1.06 bits per heavy atom. The van der Waals surface area contributed by atoms with E-state index in [2.05, 4.69) is 5.32 Å². The van der Waals surface area contributed by atoms with Gasteiger partial charge in [-0.05, 0) is 43.5 Å². The van der Waals surface area contributed by atoms with Crippen molar-refractivity contribution in [2.45, 2.75) is 39.8 Å². The van der Waals surface area contributed by atoms with Gasteiger partial charge in [-0.15, -0.1) is 0 Å². The number of hydrogen-bond acceptors (Lipinski definition) is 5. The highest BCUT2D eigenvalue weighted by Gasteiger charge is 2.32. The summed E-state index contributed by atoms with van der Waals surface area (Å²) in [6.07, 6.45) is 1.43. The fourth-order valence-corrected chi connectivity index (χ4v) is 4.45. The zero-order chi connectivity index (χ0) is 24.6. The zero-order valence-corrected chi connectivity index (χ0v) is 20.7. The van der Waals surface area contributed by atoms with Crippen molar-refractivity contribution < 1.29 is 22.7 Å². The molecule has 9 heteroatoms. The molecule has 0 radical (unpaired) electrons. The summed E-state index contributed by atoms with van der Waals surface area (Å²) in [7, 11) is -2.30. The van der Waals surface area contributed by atoms with E-state index < -0.39 is 28.5 Å². The monoisotopic (exact) mass is 475 g/mol. The first-order chi connectivity index (χ1) is 15.6. The van der Waals surface area contributed by atoms with Gasteiger partial charge in [0.15, 0.2) is 0 Å². The largest absolute Gasteiger partial charge is 0.492 e. The van der Waals surface area contributed by atoms with Crippen LogP contribution in [0.4, 0.5) is 5.69 Å². The summed E-state index contributed by atoms with van der Waals surface area (Å²) in [4.78, 5) is 27.6. The standard InChI is InChI=1S/C24H33N3O5S/c1-6-20(24(29)25-4)26(16-19-13-9-8-12-18(19)3)23(28)17-27(33(5,30)31)21-14-10-11-15-22(21)32-7-2/h8-15,20H,6-7,16-17H2,1-5H3,(H,25,29). The number of aryl methyl sites for hydroxylation is 1. The topological polar surface area (TPSA) is 96.0 Å². The quantitative estimate of drug-likeness (QED) is 0.539. The van der Waals surface area contributed by atoms with Crippen LogP contribution >= 0.6 is 0 Å². The van der Waals surface area contributed by atoms with Gasteiger partial charge in [0.1, 0.15) is 18.3 Å². The molecule has 0 bridgehead atoms. The van der Waals surface area contributed by atoms with Gasteiger partial charge >= 0.3 is 0 Å². The molecule has 2 amide bonds. The number of benzene rings is 2. The Balaban J connectivity index is 2.49. The first kappa shape index (κ1) is 26.2. The molecule has 1 atom stereocenters. The molecule has 2 aromatic rings. The minimum absolute atomic E-state index is 0.183. The second kappa shape index (κ2) is 11.7. The molecule has 1 unspecified atom stereocenters. The molecule has 0 aliphatic carbocycles. The van der Waals surface area contributed by atoms with Gasteiger partial charge in [0.05, 0.1) is 18.6 Å². The maximum absolute atomic E-state index is 13.6. The van der Waals surface area contributed by atoms with Crippen molar-refractivity contribution in [1.82, 2.24) is 10.2 Å². The number of amides is 2. The van der Waals surface area contributed by atoms with Gasteiger partial charge in [-0.25, -0.2) is 8.42 Å². The van der Waals surface area contributed by atoms with Crippen LogP contribution < -0.4 is 14.4 Å². The molecule has 2 aromatic carbocycles. The number of nitrogens with one attached hydrogen (secondary N) is 1. The molecular formula is C24H33N3O5S. The highest BCUT2D eigenvalue weighted by molar-refractivity contribution is 7.92. The number of hydrogen-bond donors (Lipinski definition) is 1. The van der Waals surface area contributed by atoms with E-state index >= 15 is 0 Å². The summed E-state index contributed by atoms with van der Waals surface area (Å²) in [5.74, 6) is -0.424. The molecule has 0 saturated heterocycles. The van der Waals surface area contributed by atoms with E-state index in [4.69, 9.17) is 4.74 Å². The van der Waals surface area contributed by atoms with Crippen molar-refractivity contribution >= 4 is 27.5 Å². The molecule has 0 aliphatic rings. The highest BCUT2D eigenvalue weighted by Crippen LogP contribution is 2.30. The minimum atomic E-state index is -3.82. The predicted molar refractivity (Wildman–Crippen MR) is 130 cm³/mol. The summed E-state index contributed by atoms with van der Waals surface area (Å²) in [5.41, 5.74) is 2.14. The van der Waals surface area contributed by atoms with E-state index in [0.717, 1.165) is 21.7 Å². The fourth-order valence-electron chi connectivity index (χ4n) is 3.59. The van der Waals surface area contributed by atoms with Crippen LogP contribution in [0.25, 0.3) is 0 Å². The van der Waals surface area contributed by atoms with Gasteiger partial charge in [-0.1, -0.05) is 43.3 Å². The van der Waals surface area contributed by atoms with Crippen LogP contribution in [0.15, 0.2) is 48.5 Å². The molecule has 0 heterocycles. The lowest BCUT2D eigenvalue weighted by Crippen LogP contribution is -2.51. The van der Waals surface area contributed by atoms with E-state index in [1.807, 2.05) is 38.1 Å². The Labute approximate surface area is 196 Å². The van der Waals surface area contributed by atoms with Crippen LogP contribution in [0, 0.1) is 6.92 Å². The molecule has 0 aromatic heterocycles. The molecule has 0 spiro atoms. The average Bonchev–Trinajstić information content (AvgIpc) is 2.78. The van der Waals surface area contributed by atoms with Crippen molar-refractivity contribution in [3.8, 4) is 5.75 Å². The van der Waals surface area contributed by atoms with E-state index in [9.17, 15) is 18.0 Å². The van der Waals surface area contributed by atoms with Gasteiger partial charge in [0.25, 0.3) is 0 Å². The van der Waals surface area contributed by atoms with Crippen molar-refractivity contribution in [3.05, 3.63) is 59.7 Å². The zero-order valence-electron chi connectivity index (χ0n) is 19.9. The van der Waals surface area contributed by atoms with E-state index in [1.165, 1.54) is 11.9 Å². The lowest BCUT2D eigenvalue weighted by Gasteiger charge is -2.33. The normalized spacial score (nSPS) is 12.0. The van der Waals surface area contributed by atoms with Gasteiger partial charge in [0.2, 0.25) is 21.8 Å². The van der Waals surface area contributed by atoms with Crippen molar-refractivity contribution in [1.29, 1.82) is 0 Å². The summed E-state index contributed by atoms with van der Waals surface area (Å²) in [6.45, 7) is 5.61. The Hall–Kier alpha value is -3.07. The summed E-state index contributed by atoms with van der Waals surface area (Å²) in [6, 6.07) is 13.5. The highest BCUT2D eigenvalue weighted by atomic mass is 32.2. The Morgan fingerprint density at radius 3 is 2.27 bits per heavy atom. The SMILES string of the molecule is CCOc1ccccc1N(CC(=O)N(Cc1ccccc1C)C(CC)C(=O)NC)S(C)(=O)=O. The van der Waals surface area contributed by atoms with Gasteiger partial charge < -0.3 is 15.0 Å². The minimum Gasteiger partial charge on any atom is -0.492 e. The molecule has 180 valence electrons. The van der Waals surface area contributed by atoms with Crippen LogP contribution in [0.3, 0.4) is 0 Å². The van der Waals surface area contributed by atoms with Crippen LogP contribution in [-0.4, -0.2) is 57.6 Å². The van der Waals surface area contributed by atoms with Gasteiger partial charge in [0, 0.05) is 13.6 Å². The predicted octanol–water partition coefficient (Wildman–Crippen LogP) is 2.71. The summed E-state index contributed by atoms with van der Waals surface area (Å²) in [5, 5.41) is 2.61. The maximum atomic E-state index is 13.6.